The van der Waals surface area contributed by atoms with Crippen LogP contribution in [-0.4, -0.2) is 5.78 Å². The van der Waals surface area contributed by atoms with Crippen LogP contribution in [0.15, 0.2) is 51.8 Å². The zero-order valence-corrected chi connectivity index (χ0v) is 13.3. The fourth-order valence-corrected chi connectivity index (χ4v) is 3.46. The van der Waals surface area contributed by atoms with Gasteiger partial charge in [0.15, 0.2) is 5.78 Å². The van der Waals surface area contributed by atoms with Gasteiger partial charge in [-0.1, -0.05) is 45.8 Å². The number of rotatable bonds is 4. The molecule has 0 N–H and O–H groups in total. The van der Waals surface area contributed by atoms with Crippen LogP contribution in [0.25, 0.3) is 0 Å². The van der Waals surface area contributed by atoms with E-state index in [9.17, 15) is 4.79 Å². The van der Waals surface area contributed by atoms with E-state index in [1.807, 2.05) is 18.2 Å². The second kappa shape index (κ2) is 6.40. The zero-order valence-electron chi connectivity index (χ0n) is 10.9. The van der Waals surface area contributed by atoms with Crippen molar-refractivity contribution in [2.75, 3.05) is 0 Å². The van der Waals surface area contributed by atoms with Gasteiger partial charge in [0, 0.05) is 20.7 Å². The number of Topliss-reactive ketones (excluding diaryl/α,β-unsaturated/α-hetero) is 1. The summed E-state index contributed by atoms with van der Waals surface area (Å²) in [5.41, 5.74) is 3.33. The average molecular weight is 335 g/mol. The normalized spacial score (nSPS) is 10.5. The Hall–Kier alpha value is -1.06. The lowest BCUT2D eigenvalue weighted by atomic mass is 10.1. The summed E-state index contributed by atoms with van der Waals surface area (Å²) in [5, 5.41) is 0. The molecule has 2 aromatic carbocycles. The molecule has 1 nitrogen and oxygen atoms in total. The van der Waals surface area contributed by atoms with Gasteiger partial charge < -0.3 is 0 Å². The molecule has 2 aromatic rings. The van der Waals surface area contributed by atoms with Crippen LogP contribution in [0.5, 0.6) is 0 Å². The number of hydrogen-bond donors (Lipinski definition) is 0. The molecule has 0 amide bonds. The molecule has 0 aliphatic carbocycles. The Bertz CT molecular complexity index is 607. The van der Waals surface area contributed by atoms with E-state index in [0.717, 1.165) is 20.7 Å². The Morgan fingerprint density at radius 2 is 2.00 bits per heavy atom. The lowest BCUT2D eigenvalue weighted by molar-refractivity contribution is 0.101. The molecule has 0 unspecified atom stereocenters. The van der Waals surface area contributed by atoms with Gasteiger partial charge in [0.2, 0.25) is 0 Å². The van der Waals surface area contributed by atoms with Gasteiger partial charge in [0.25, 0.3) is 0 Å². The van der Waals surface area contributed by atoms with Gasteiger partial charge in [-0.25, -0.2) is 0 Å². The summed E-state index contributed by atoms with van der Waals surface area (Å²) in [6, 6.07) is 14.3. The third-order valence-electron chi connectivity index (χ3n) is 2.80. The maximum Gasteiger partial charge on any atom is 0.160 e. The molecule has 0 fully saturated rings. The Kier molecular flexibility index (Phi) is 4.83. The van der Waals surface area contributed by atoms with E-state index in [0.29, 0.717) is 0 Å². The van der Waals surface area contributed by atoms with Crippen molar-refractivity contribution in [3.63, 3.8) is 0 Å². The molecule has 0 aliphatic heterocycles. The summed E-state index contributed by atoms with van der Waals surface area (Å²) in [5.74, 6) is 0.984. The second-order valence-electron chi connectivity index (χ2n) is 4.47. The topological polar surface area (TPSA) is 17.1 Å². The van der Waals surface area contributed by atoms with Gasteiger partial charge in [0.05, 0.1) is 0 Å². The Labute approximate surface area is 126 Å². The highest BCUT2D eigenvalue weighted by Crippen LogP contribution is 2.29. The summed E-state index contributed by atoms with van der Waals surface area (Å²) < 4.78 is 1.00. The van der Waals surface area contributed by atoms with Gasteiger partial charge in [-0.3, -0.25) is 4.79 Å². The summed E-state index contributed by atoms with van der Waals surface area (Å²) in [6.07, 6.45) is 0. The number of carbonyl (C=O) groups is 1. The number of aryl methyl sites for hydroxylation is 1. The first kappa shape index (κ1) is 14.4. The maximum absolute atomic E-state index is 11.6. The Balaban J connectivity index is 2.19. The van der Waals surface area contributed by atoms with E-state index in [2.05, 4.69) is 47.1 Å². The fourth-order valence-electron chi connectivity index (χ4n) is 1.87. The van der Waals surface area contributed by atoms with Gasteiger partial charge in [0.1, 0.15) is 0 Å². The molecule has 0 saturated carbocycles. The van der Waals surface area contributed by atoms with Crippen molar-refractivity contribution in [3.8, 4) is 0 Å². The van der Waals surface area contributed by atoms with Crippen LogP contribution < -0.4 is 0 Å². The second-order valence-corrected chi connectivity index (χ2v) is 6.41. The molecule has 0 bridgehead atoms. The molecular formula is C16H15BrOS. The molecule has 0 radical (unpaired) electrons. The van der Waals surface area contributed by atoms with Crippen LogP contribution >= 0.6 is 27.7 Å². The summed E-state index contributed by atoms with van der Waals surface area (Å²) in [4.78, 5) is 12.6. The van der Waals surface area contributed by atoms with Crippen molar-refractivity contribution in [1.29, 1.82) is 0 Å². The zero-order chi connectivity index (χ0) is 13.8. The van der Waals surface area contributed by atoms with Crippen LogP contribution in [0.4, 0.5) is 0 Å². The highest BCUT2D eigenvalue weighted by molar-refractivity contribution is 9.10. The lowest BCUT2D eigenvalue weighted by Gasteiger charge is -2.08. The Morgan fingerprint density at radius 1 is 1.21 bits per heavy atom. The van der Waals surface area contributed by atoms with Crippen LogP contribution in [0.1, 0.15) is 28.4 Å². The molecule has 0 heterocycles. The summed E-state index contributed by atoms with van der Waals surface area (Å²) in [6.45, 7) is 3.70. The molecule has 2 rings (SSSR count). The number of carbonyl (C=O) groups excluding carboxylic acids is 1. The molecule has 0 saturated heterocycles. The van der Waals surface area contributed by atoms with Crippen molar-refractivity contribution in [1.82, 2.24) is 0 Å². The van der Waals surface area contributed by atoms with Crippen molar-refractivity contribution >= 4 is 33.5 Å². The van der Waals surface area contributed by atoms with Crippen LogP contribution in [0.3, 0.4) is 0 Å². The Morgan fingerprint density at radius 3 is 2.68 bits per heavy atom. The van der Waals surface area contributed by atoms with Gasteiger partial charge in [-0.2, -0.15) is 0 Å². The maximum atomic E-state index is 11.6. The highest BCUT2D eigenvalue weighted by Gasteiger charge is 2.08. The summed E-state index contributed by atoms with van der Waals surface area (Å²) in [7, 11) is 0. The van der Waals surface area contributed by atoms with Gasteiger partial charge in [-0.05, 0) is 37.6 Å². The molecule has 0 spiro atoms. The first-order valence-electron chi connectivity index (χ1n) is 6.05. The highest BCUT2D eigenvalue weighted by atomic mass is 79.9. The van der Waals surface area contributed by atoms with Crippen LogP contribution in [0, 0.1) is 6.92 Å². The number of benzene rings is 2. The number of halogens is 1. The van der Waals surface area contributed by atoms with E-state index in [1.54, 1.807) is 18.7 Å². The van der Waals surface area contributed by atoms with Gasteiger partial charge >= 0.3 is 0 Å². The first-order valence-corrected chi connectivity index (χ1v) is 7.83. The first-order chi connectivity index (χ1) is 9.06. The van der Waals surface area contributed by atoms with Crippen molar-refractivity contribution < 1.29 is 4.79 Å². The SMILES string of the molecule is CC(=O)c1ccc(Br)cc1SCc1cccc(C)c1. The van der Waals surface area contributed by atoms with Crippen molar-refractivity contribution in [3.05, 3.63) is 63.6 Å². The smallest absolute Gasteiger partial charge is 0.160 e. The minimum Gasteiger partial charge on any atom is -0.294 e. The minimum atomic E-state index is 0.110. The third-order valence-corrected chi connectivity index (χ3v) is 4.42. The molecule has 98 valence electrons. The van der Waals surface area contributed by atoms with E-state index >= 15 is 0 Å². The molecule has 19 heavy (non-hydrogen) atoms. The lowest BCUT2D eigenvalue weighted by Crippen LogP contribution is -1.95. The average Bonchev–Trinajstić information content (AvgIpc) is 2.36. The van der Waals surface area contributed by atoms with Crippen molar-refractivity contribution in [2.24, 2.45) is 0 Å². The molecular weight excluding hydrogens is 320 g/mol. The molecule has 0 atom stereocenters. The predicted molar refractivity (Wildman–Crippen MR) is 84.9 cm³/mol. The third kappa shape index (κ3) is 3.95. The largest absolute Gasteiger partial charge is 0.294 e. The number of hydrogen-bond acceptors (Lipinski definition) is 2. The van der Waals surface area contributed by atoms with Crippen LogP contribution in [-0.2, 0) is 5.75 Å². The minimum absolute atomic E-state index is 0.110. The van der Waals surface area contributed by atoms with E-state index in [4.69, 9.17) is 0 Å². The van der Waals surface area contributed by atoms with E-state index < -0.39 is 0 Å². The van der Waals surface area contributed by atoms with Gasteiger partial charge in [-0.15, -0.1) is 11.8 Å². The quantitative estimate of drug-likeness (QED) is 0.560. The monoisotopic (exact) mass is 334 g/mol. The fraction of sp³-hybridized carbons (Fsp3) is 0.188. The van der Waals surface area contributed by atoms with Crippen LogP contribution in [0.2, 0.25) is 0 Å². The number of ketones is 1. The van der Waals surface area contributed by atoms with Crippen molar-refractivity contribution in [2.45, 2.75) is 24.5 Å². The molecule has 0 aromatic heterocycles. The van der Waals surface area contributed by atoms with E-state index in [1.165, 1.54) is 11.1 Å². The predicted octanol–water partition coefficient (Wildman–Crippen LogP) is 5.25. The number of thioether (sulfide) groups is 1. The molecule has 0 aliphatic rings. The molecule has 3 heteroatoms. The standard InChI is InChI=1S/C16H15BrOS/c1-11-4-3-5-13(8-11)10-19-16-9-14(17)6-7-15(16)12(2)18/h3-9H,10H2,1-2H3. The summed E-state index contributed by atoms with van der Waals surface area (Å²) >= 11 is 5.16. The van der Waals surface area contributed by atoms with E-state index in [-0.39, 0.29) is 5.78 Å².